The number of nitrogens with zero attached hydrogens (tertiary/aromatic N) is 3. The maximum absolute atomic E-state index is 12.3. The van der Waals surface area contributed by atoms with E-state index < -0.39 is 0 Å². The van der Waals surface area contributed by atoms with Crippen LogP contribution in [0.4, 0.5) is 5.69 Å². The van der Waals surface area contributed by atoms with E-state index in [9.17, 15) is 4.79 Å². The van der Waals surface area contributed by atoms with Crippen LogP contribution in [-0.4, -0.2) is 40.8 Å². The summed E-state index contributed by atoms with van der Waals surface area (Å²) in [5.74, 6) is 1.44. The summed E-state index contributed by atoms with van der Waals surface area (Å²) >= 11 is 1.29. The lowest BCUT2D eigenvalue weighted by Gasteiger charge is -2.23. The van der Waals surface area contributed by atoms with Gasteiger partial charge >= 0.3 is 0 Å². The number of hydrazone groups is 1. The first-order valence-corrected chi connectivity index (χ1v) is 10.3. The molecule has 1 heterocycles. The van der Waals surface area contributed by atoms with Crippen LogP contribution in [0.1, 0.15) is 19.4 Å². The summed E-state index contributed by atoms with van der Waals surface area (Å²) < 4.78 is 5.86. The molecule has 1 aliphatic heterocycles. The van der Waals surface area contributed by atoms with Gasteiger partial charge in [0.1, 0.15) is 12.3 Å². The Hall–Kier alpha value is -2.80. The molecular weight excluding hydrogens is 372 g/mol. The summed E-state index contributed by atoms with van der Waals surface area (Å²) in [5.41, 5.74) is 2.03. The van der Waals surface area contributed by atoms with Crippen LogP contribution in [0.15, 0.2) is 64.7 Å². The minimum Gasteiger partial charge on any atom is -0.441 e. The molecule has 2 aromatic rings. The van der Waals surface area contributed by atoms with Gasteiger partial charge in [0.2, 0.25) is 17.0 Å². The Labute approximate surface area is 169 Å². The molecule has 0 atom stereocenters. The molecular formula is C21H24N4O2S. The standard InChI is InChI=1S/C21H24N4O2S/c1-3-16-10-12-17(13-11-16)22-19(26)15-28-21-23-20(14-25(4-2)24-21)27-18-8-6-5-7-9-18/h5-13H,3-4,14-15H2,1-2H3,(H,22,26). The largest absolute Gasteiger partial charge is 0.441 e. The Morgan fingerprint density at radius 3 is 2.57 bits per heavy atom. The Kier molecular flexibility index (Phi) is 7.08. The van der Waals surface area contributed by atoms with Gasteiger partial charge in [-0.3, -0.25) is 9.80 Å². The van der Waals surface area contributed by atoms with E-state index in [1.165, 1.54) is 17.3 Å². The van der Waals surface area contributed by atoms with E-state index in [-0.39, 0.29) is 11.7 Å². The summed E-state index contributed by atoms with van der Waals surface area (Å²) in [6.45, 7) is 5.36. The van der Waals surface area contributed by atoms with Crippen LogP contribution in [-0.2, 0) is 11.2 Å². The Balaban J connectivity index is 1.57. The molecule has 0 spiro atoms. The minimum absolute atomic E-state index is 0.0914. The second-order valence-electron chi connectivity index (χ2n) is 6.17. The second-order valence-corrected chi connectivity index (χ2v) is 7.11. The summed E-state index contributed by atoms with van der Waals surface area (Å²) in [6, 6.07) is 17.4. The summed E-state index contributed by atoms with van der Waals surface area (Å²) in [5, 5.41) is 9.75. The van der Waals surface area contributed by atoms with E-state index >= 15 is 0 Å². The first-order valence-electron chi connectivity index (χ1n) is 9.32. The zero-order valence-electron chi connectivity index (χ0n) is 16.1. The predicted octanol–water partition coefficient (Wildman–Crippen LogP) is 4.00. The molecule has 7 heteroatoms. The number of nitrogens with one attached hydrogen (secondary N) is 1. The number of likely N-dealkylation sites (N-methyl/N-ethyl adjacent to an activating group) is 1. The number of carbonyl (C=O) groups excluding carboxylic acids is 1. The summed E-state index contributed by atoms with van der Waals surface area (Å²) in [6.07, 6.45) is 0.975. The zero-order valence-corrected chi connectivity index (χ0v) is 16.9. The maximum Gasteiger partial charge on any atom is 0.234 e. The summed E-state index contributed by atoms with van der Waals surface area (Å²) in [7, 11) is 0. The monoisotopic (exact) mass is 396 g/mol. The highest BCUT2D eigenvalue weighted by Crippen LogP contribution is 2.16. The van der Waals surface area contributed by atoms with Gasteiger partial charge < -0.3 is 10.1 Å². The number of para-hydroxylation sites is 1. The van der Waals surface area contributed by atoms with Gasteiger partial charge in [0.15, 0.2) is 0 Å². The lowest BCUT2D eigenvalue weighted by molar-refractivity contribution is -0.113. The molecule has 3 rings (SSSR count). The number of anilines is 1. The van der Waals surface area contributed by atoms with Crippen LogP contribution in [0.2, 0.25) is 0 Å². The number of carbonyl (C=O) groups is 1. The third-order valence-corrected chi connectivity index (χ3v) is 4.92. The van der Waals surface area contributed by atoms with Gasteiger partial charge in [0, 0.05) is 12.2 Å². The molecule has 0 radical (unpaired) electrons. The number of amidine groups is 1. The average Bonchev–Trinajstić information content (AvgIpc) is 2.73. The van der Waals surface area contributed by atoms with Crippen molar-refractivity contribution >= 4 is 34.4 Å². The van der Waals surface area contributed by atoms with E-state index in [0.717, 1.165) is 24.4 Å². The molecule has 2 aromatic carbocycles. The first-order chi connectivity index (χ1) is 13.7. The molecule has 1 N–H and O–H groups in total. The van der Waals surface area contributed by atoms with Crippen molar-refractivity contribution in [1.82, 2.24) is 5.01 Å². The molecule has 1 amide bonds. The van der Waals surface area contributed by atoms with Crippen molar-refractivity contribution in [3.05, 3.63) is 60.2 Å². The quantitative estimate of drug-likeness (QED) is 0.801. The first kappa shape index (κ1) is 19.9. The molecule has 0 bridgehead atoms. The number of rotatable bonds is 6. The highest BCUT2D eigenvalue weighted by atomic mass is 32.2. The SMILES string of the molecule is CCc1ccc(NC(=O)CSC2=NN(CC)CC(Oc3ccccc3)=N2)cc1. The third kappa shape index (κ3) is 5.85. The van der Waals surface area contributed by atoms with Crippen molar-refractivity contribution in [3.63, 3.8) is 0 Å². The van der Waals surface area contributed by atoms with Crippen molar-refractivity contribution in [3.8, 4) is 5.75 Å². The predicted molar refractivity (Wildman–Crippen MR) is 116 cm³/mol. The lowest BCUT2D eigenvalue weighted by atomic mass is 10.1. The number of benzene rings is 2. The van der Waals surface area contributed by atoms with E-state index in [1.54, 1.807) is 0 Å². The van der Waals surface area contributed by atoms with E-state index in [1.807, 2.05) is 66.5 Å². The number of amides is 1. The van der Waals surface area contributed by atoms with Crippen molar-refractivity contribution < 1.29 is 9.53 Å². The second kappa shape index (κ2) is 9.94. The number of aliphatic imine (C=N–C) groups is 1. The molecule has 0 aliphatic carbocycles. The van der Waals surface area contributed by atoms with Crippen LogP contribution in [0.25, 0.3) is 0 Å². The molecule has 0 unspecified atom stereocenters. The normalized spacial score (nSPS) is 13.6. The fourth-order valence-electron chi connectivity index (χ4n) is 2.55. The van der Waals surface area contributed by atoms with Gasteiger partial charge in [0.05, 0.1) is 5.75 Å². The van der Waals surface area contributed by atoms with Crippen LogP contribution in [0.3, 0.4) is 0 Å². The molecule has 146 valence electrons. The van der Waals surface area contributed by atoms with Crippen LogP contribution < -0.4 is 10.1 Å². The van der Waals surface area contributed by atoms with Crippen LogP contribution in [0, 0.1) is 0 Å². The van der Waals surface area contributed by atoms with Crippen molar-refractivity contribution in [1.29, 1.82) is 0 Å². The van der Waals surface area contributed by atoms with Crippen LogP contribution >= 0.6 is 11.8 Å². The van der Waals surface area contributed by atoms with Gasteiger partial charge in [-0.15, -0.1) is 5.10 Å². The van der Waals surface area contributed by atoms with Gasteiger partial charge in [-0.1, -0.05) is 49.0 Å². The van der Waals surface area contributed by atoms with Crippen molar-refractivity contribution in [2.45, 2.75) is 20.3 Å². The van der Waals surface area contributed by atoms with Gasteiger partial charge in [-0.05, 0) is 43.2 Å². The van der Waals surface area contributed by atoms with Gasteiger partial charge in [-0.25, -0.2) is 0 Å². The average molecular weight is 397 g/mol. The molecule has 28 heavy (non-hydrogen) atoms. The smallest absolute Gasteiger partial charge is 0.234 e. The number of thioether (sulfide) groups is 1. The van der Waals surface area contributed by atoms with E-state index in [4.69, 9.17) is 4.74 Å². The number of hydrogen-bond acceptors (Lipinski definition) is 6. The molecule has 0 fully saturated rings. The van der Waals surface area contributed by atoms with Crippen molar-refractivity contribution in [2.75, 3.05) is 24.2 Å². The summed E-state index contributed by atoms with van der Waals surface area (Å²) in [4.78, 5) is 16.7. The topological polar surface area (TPSA) is 66.3 Å². The molecule has 1 aliphatic rings. The number of aryl methyl sites for hydroxylation is 1. The molecule has 0 saturated carbocycles. The van der Waals surface area contributed by atoms with E-state index in [0.29, 0.717) is 17.6 Å². The Morgan fingerprint density at radius 2 is 1.89 bits per heavy atom. The minimum atomic E-state index is -0.0914. The third-order valence-electron chi connectivity index (χ3n) is 4.09. The Bertz CT molecular complexity index is 850. The number of hydrogen-bond donors (Lipinski definition) is 1. The van der Waals surface area contributed by atoms with Gasteiger partial charge in [-0.2, -0.15) is 4.99 Å². The molecule has 0 saturated heterocycles. The molecule has 6 nitrogen and oxygen atoms in total. The highest BCUT2D eigenvalue weighted by molar-refractivity contribution is 8.14. The lowest BCUT2D eigenvalue weighted by Crippen LogP contribution is -2.33. The fourth-order valence-corrected chi connectivity index (χ4v) is 3.22. The molecule has 0 aromatic heterocycles. The Morgan fingerprint density at radius 1 is 1.14 bits per heavy atom. The van der Waals surface area contributed by atoms with Gasteiger partial charge in [0.25, 0.3) is 0 Å². The van der Waals surface area contributed by atoms with Crippen LogP contribution in [0.5, 0.6) is 5.75 Å². The number of ether oxygens (including phenoxy) is 1. The fraction of sp³-hybridized carbons (Fsp3) is 0.286. The van der Waals surface area contributed by atoms with Crippen molar-refractivity contribution in [2.24, 2.45) is 10.1 Å². The van der Waals surface area contributed by atoms with E-state index in [2.05, 4.69) is 22.3 Å². The maximum atomic E-state index is 12.3. The highest BCUT2D eigenvalue weighted by Gasteiger charge is 2.17. The zero-order chi connectivity index (χ0) is 19.8.